The van der Waals surface area contributed by atoms with Gasteiger partial charge in [-0.2, -0.15) is 4.31 Å². The zero-order valence-corrected chi connectivity index (χ0v) is 16.2. The van der Waals surface area contributed by atoms with Crippen molar-refractivity contribution in [3.8, 4) is 0 Å². The SMILES string of the molecule is O=C(OCc1c(F)c(F)c(F)c(F)c1F)c1ccc(F)c(S(=O)(=O)N2CCOCC2)c1. The van der Waals surface area contributed by atoms with Crippen LogP contribution in [0.15, 0.2) is 23.1 Å². The van der Waals surface area contributed by atoms with Crippen LogP contribution >= 0.6 is 0 Å². The first-order valence-electron chi connectivity index (χ1n) is 8.60. The number of nitrogens with zero attached hydrogens (tertiary/aromatic N) is 1. The maximum absolute atomic E-state index is 14.2. The number of morpholine rings is 1. The van der Waals surface area contributed by atoms with Gasteiger partial charge in [-0.3, -0.25) is 0 Å². The van der Waals surface area contributed by atoms with Crippen LogP contribution in [0.5, 0.6) is 0 Å². The molecule has 0 unspecified atom stereocenters. The Bertz CT molecular complexity index is 1110. The third kappa shape index (κ3) is 4.38. The number of carbonyl (C=O) groups excluding carboxylic acids is 1. The smallest absolute Gasteiger partial charge is 0.338 e. The summed E-state index contributed by atoms with van der Waals surface area (Å²) in [7, 11) is -4.34. The van der Waals surface area contributed by atoms with Crippen molar-refractivity contribution in [1.29, 1.82) is 0 Å². The minimum atomic E-state index is -4.34. The number of hydrogen-bond acceptors (Lipinski definition) is 5. The van der Waals surface area contributed by atoms with Gasteiger partial charge in [0.05, 0.1) is 24.3 Å². The van der Waals surface area contributed by atoms with Crippen LogP contribution in [0, 0.1) is 34.9 Å². The lowest BCUT2D eigenvalue weighted by molar-refractivity contribution is 0.0461. The highest BCUT2D eigenvalue weighted by molar-refractivity contribution is 7.89. The van der Waals surface area contributed by atoms with E-state index in [0.717, 1.165) is 10.4 Å². The highest BCUT2D eigenvalue weighted by Gasteiger charge is 2.30. The first kappa shape index (κ1) is 23.0. The summed E-state index contributed by atoms with van der Waals surface area (Å²) >= 11 is 0. The Kier molecular flexibility index (Phi) is 6.57. The second kappa shape index (κ2) is 8.85. The Balaban J connectivity index is 1.85. The van der Waals surface area contributed by atoms with Crippen molar-refractivity contribution in [1.82, 2.24) is 4.31 Å². The summed E-state index contributed by atoms with van der Waals surface area (Å²) in [5.41, 5.74) is -1.91. The lowest BCUT2D eigenvalue weighted by atomic mass is 10.1. The Morgan fingerprint density at radius 1 is 0.935 bits per heavy atom. The fourth-order valence-electron chi connectivity index (χ4n) is 2.75. The fraction of sp³-hybridized carbons (Fsp3) is 0.278. The maximum atomic E-state index is 14.2. The van der Waals surface area contributed by atoms with Crippen LogP contribution in [0.1, 0.15) is 15.9 Å². The quantitative estimate of drug-likeness (QED) is 0.292. The summed E-state index contributed by atoms with van der Waals surface area (Å²) in [4.78, 5) is 11.3. The second-order valence-corrected chi connectivity index (χ2v) is 8.19. The van der Waals surface area contributed by atoms with Crippen molar-refractivity contribution in [3.05, 3.63) is 64.2 Å². The van der Waals surface area contributed by atoms with Gasteiger partial charge in [0, 0.05) is 13.1 Å². The van der Waals surface area contributed by atoms with Crippen LogP contribution < -0.4 is 0 Å². The molecule has 0 saturated carbocycles. The van der Waals surface area contributed by atoms with E-state index in [1.165, 1.54) is 0 Å². The largest absolute Gasteiger partial charge is 0.457 e. The van der Waals surface area contributed by atoms with E-state index in [1.54, 1.807) is 0 Å². The first-order chi connectivity index (χ1) is 14.6. The first-order valence-corrected chi connectivity index (χ1v) is 10.0. The molecule has 0 spiro atoms. The van der Waals surface area contributed by atoms with Crippen LogP contribution in [0.25, 0.3) is 0 Å². The van der Waals surface area contributed by atoms with E-state index in [9.17, 15) is 39.6 Å². The molecule has 0 atom stereocenters. The molecule has 1 saturated heterocycles. The predicted octanol–water partition coefficient (Wildman–Crippen LogP) is 2.90. The number of rotatable bonds is 5. The van der Waals surface area contributed by atoms with Crippen LogP contribution in [0.4, 0.5) is 26.3 Å². The van der Waals surface area contributed by atoms with Crippen LogP contribution in [-0.4, -0.2) is 45.0 Å². The molecule has 1 fully saturated rings. The van der Waals surface area contributed by atoms with Crippen molar-refractivity contribution in [2.75, 3.05) is 26.3 Å². The van der Waals surface area contributed by atoms with Crippen LogP contribution in [0.3, 0.4) is 0 Å². The summed E-state index contributed by atoms with van der Waals surface area (Å²) in [6.45, 7) is -1.25. The van der Waals surface area contributed by atoms with Gasteiger partial charge in [-0.1, -0.05) is 0 Å². The van der Waals surface area contributed by atoms with Gasteiger partial charge < -0.3 is 9.47 Å². The summed E-state index contributed by atoms with van der Waals surface area (Å²) in [5, 5.41) is 0. The van der Waals surface area contributed by atoms with Gasteiger partial charge in [-0.05, 0) is 18.2 Å². The molecule has 0 radical (unpaired) electrons. The molecule has 1 aliphatic heterocycles. The molecule has 0 aromatic heterocycles. The molecule has 31 heavy (non-hydrogen) atoms. The van der Waals surface area contributed by atoms with Gasteiger partial charge in [0.25, 0.3) is 0 Å². The Hall–Kier alpha value is -2.64. The molecule has 0 N–H and O–H groups in total. The predicted molar refractivity (Wildman–Crippen MR) is 91.3 cm³/mol. The molecule has 2 aromatic rings. The van der Waals surface area contributed by atoms with E-state index in [-0.39, 0.29) is 26.3 Å². The van der Waals surface area contributed by atoms with E-state index in [0.29, 0.717) is 12.1 Å². The van der Waals surface area contributed by atoms with Gasteiger partial charge >= 0.3 is 5.97 Å². The van der Waals surface area contributed by atoms with Crippen LogP contribution in [0.2, 0.25) is 0 Å². The number of ether oxygens (including phenoxy) is 2. The highest BCUT2D eigenvalue weighted by Crippen LogP contribution is 2.25. The average molecular weight is 469 g/mol. The Labute approximate surface area is 172 Å². The zero-order valence-electron chi connectivity index (χ0n) is 15.4. The lowest BCUT2D eigenvalue weighted by Gasteiger charge is -2.26. The van der Waals surface area contributed by atoms with Gasteiger partial charge in [0.15, 0.2) is 23.3 Å². The molecule has 1 heterocycles. The van der Waals surface area contributed by atoms with Crippen molar-refractivity contribution in [2.24, 2.45) is 0 Å². The molecule has 1 aliphatic rings. The normalized spacial score (nSPS) is 15.2. The summed E-state index contributed by atoms with van der Waals surface area (Å²) in [6.07, 6.45) is 0. The van der Waals surface area contributed by atoms with Gasteiger partial charge in [0.2, 0.25) is 15.8 Å². The molecule has 13 heteroatoms. The number of hydrogen-bond donors (Lipinski definition) is 0. The van der Waals surface area contributed by atoms with Crippen molar-refractivity contribution in [3.63, 3.8) is 0 Å². The molecule has 0 amide bonds. The van der Waals surface area contributed by atoms with Gasteiger partial charge in [-0.25, -0.2) is 39.6 Å². The van der Waals surface area contributed by atoms with Crippen LogP contribution in [-0.2, 0) is 26.1 Å². The monoisotopic (exact) mass is 469 g/mol. The van der Waals surface area contributed by atoms with Crippen molar-refractivity contribution in [2.45, 2.75) is 11.5 Å². The molecular formula is C18H13F6NO5S. The number of carbonyl (C=O) groups is 1. The second-order valence-electron chi connectivity index (χ2n) is 6.29. The van der Waals surface area contributed by atoms with E-state index < -0.39 is 73.5 Å². The minimum absolute atomic E-state index is 0.0449. The van der Waals surface area contributed by atoms with E-state index >= 15 is 0 Å². The topological polar surface area (TPSA) is 72.9 Å². The Morgan fingerprint density at radius 3 is 2.06 bits per heavy atom. The molecule has 0 aliphatic carbocycles. The highest BCUT2D eigenvalue weighted by atomic mass is 32.2. The van der Waals surface area contributed by atoms with E-state index in [2.05, 4.69) is 4.74 Å². The average Bonchev–Trinajstić information content (AvgIpc) is 2.77. The number of sulfonamides is 1. The molecule has 2 aromatic carbocycles. The van der Waals surface area contributed by atoms with Gasteiger partial charge in [0.1, 0.15) is 17.3 Å². The number of esters is 1. The summed E-state index contributed by atoms with van der Waals surface area (Å²) in [6, 6.07) is 2.16. The van der Waals surface area contributed by atoms with E-state index in [1.807, 2.05) is 0 Å². The number of benzene rings is 2. The maximum Gasteiger partial charge on any atom is 0.338 e. The third-order valence-corrected chi connectivity index (χ3v) is 6.32. The fourth-order valence-corrected chi connectivity index (χ4v) is 4.25. The molecule has 6 nitrogen and oxygen atoms in total. The standard InChI is InChI=1S/C18H13F6NO5S/c19-11-2-1-9(7-12(11)31(27,28)25-3-5-29-6-4-25)18(26)30-8-10-13(20)15(22)17(24)16(23)14(10)21/h1-2,7H,3-6,8H2. The van der Waals surface area contributed by atoms with Crippen molar-refractivity contribution < 1.29 is 49.0 Å². The lowest BCUT2D eigenvalue weighted by Crippen LogP contribution is -2.41. The zero-order chi connectivity index (χ0) is 22.9. The molecular weight excluding hydrogens is 456 g/mol. The van der Waals surface area contributed by atoms with Gasteiger partial charge in [-0.15, -0.1) is 0 Å². The summed E-state index contributed by atoms with van der Waals surface area (Å²) < 4.78 is 117. The third-order valence-electron chi connectivity index (χ3n) is 4.40. The number of halogens is 6. The Morgan fingerprint density at radius 2 is 1.48 bits per heavy atom. The minimum Gasteiger partial charge on any atom is -0.457 e. The summed E-state index contributed by atoms with van der Waals surface area (Å²) in [5.74, 6) is -13.7. The van der Waals surface area contributed by atoms with E-state index in [4.69, 9.17) is 4.74 Å². The molecule has 0 bridgehead atoms. The molecule has 168 valence electrons. The van der Waals surface area contributed by atoms with Crippen molar-refractivity contribution >= 4 is 16.0 Å². The molecule has 3 rings (SSSR count).